The Hall–Kier alpha value is -2.06. The normalized spacial score (nSPS) is 14.0. The van der Waals surface area contributed by atoms with Crippen LogP contribution in [0.1, 0.15) is 12.5 Å². The molecule has 0 aliphatic heterocycles. The van der Waals surface area contributed by atoms with Crippen LogP contribution < -0.4 is 15.0 Å². The van der Waals surface area contributed by atoms with Crippen molar-refractivity contribution in [2.45, 2.75) is 25.9 Å². The molecule has 2 aromatic rings. The van der Waals surface area contributed by atoms with Gasteiger partial charge in [-0.3, -0.25) is 4.79 Å². The quantitative estimate of drug-likeness (QED) is 0.833. The molecule has 130 valence electrons. The SMILES string of the molecule is C[C@@H](C(=O)Nc1ccc(OC(F)(F)F)cc1)[NH+](C)Cc1ccsc1. The molecule has 2 N–H and O–H groups in total. The molecule has 2 rings (SSSR count). The smallest absolute Gasteiger partial charge is 0.406 e. The van der Waals surface area contributed by atoms with E-state index in [0.29, 0.717) is 5.69 Å². The van der Waals surface area contributed by atoms with Crippen molar-refractivity contribution in [1.82, 2.24) is 0 Å². The van der Waals surface area contributed by atoms with E-state index in [1.54, 1.807) is 18.3 Å². The third-order valence-electron chi connectivity index (χ3n) is 3.55. The Morgan fingerprint density at radius 3 is 2.50 bits per heavy atom. The van der Waals surface area contributed by atoms with Gasteiger partial charge in [0, 0.05) is 11.3 Å². The number of halogens is 3. The van der Waals surface area contributed by atoms with Crippen LogP contribution in [0.3, 0.4) is 0 Å². The lowest BCUT2D eigenvalue weighted by Crippen LogP contribution is -3.12. The van der Waals surface area contributed by atoms with Gasteiger partial charge in [-0.2, -0.15) is 11.3 Å². The summed E-state index contributed by atoms with van der Waals surface area (Å²) in [5, 5.41) is 6.72. The zero-order chi connectivity index (χ0) is 17.7. The highest BCUT2D eigenvalue weighted by molar-refractivity contribution is 7.07. The molecule has 0 spiro atoms. The van der Waals surface area contributed by atoms with Gasteiger partial charge in [-0.25, -0.2) is 0 Å². The van der Waals surface area contributed by atoms with Gasteiger partial charge >= 0.3 is 6.36 Å². The largest absolute Gasteiger partial charge is 0.573 e. The van der Waals surface area contributed by atoms with Gasteiger partial charge in [0.2, 0.25) is 0 Å². The summed E-state index contributed by atoms with van der Waals surface area (Å²) in [6.45, 7) is 2.52. The number of ether oxygens (including phenoxy) is 1. The number of amides is 1. The van der Waals surface area contributed by atoms with Crippen LogP contribution in [0.2, 0.25) is 0 Å². The van der Waals surface area contributed by atoms with Gasteiger partial charge in [0.25, 0.3) is 5.91 Å². The molecule has 1 unspecified atom stereocenters. The standard InChI is InChI=1S/C16H17F3N2O2S/c1-11(21(2)9-12-7-8-24-10-12)15(22)20-13-3-5-14(6-4-13)23-16(17,18)19/h3-8,10-11H,9H2,1-2H3,(H,20,22)/p+1/t11-/m0/s1. The number of benzene rings is 1. The molecule has 1 aromatic heterocycles. The van der Waals surface area contributed by atoms with Crippen molar-refractivity contribution in [3.63, 3.8) is 0 Å². The summed E-state index contributed by atoms with van der Waals surface area (Å²) in [7, 11) is 1.92. The fourth-order valence-electron chi connectivity index (χ4n) is 2.08. The third-order valence-corrected chi connectivity index (χ3v) is 4.28. The molecule has 1 amide bonds. The summed E-state index contributed by atoms with van der Waals surface area (Å²) in [4.78, 5) is 13.3. The zero-order valence-corrected chi connectivity index (χ0v) is 14.0. The minimum atomic E-state index is -4.73. The van der Waals surface area contributed by atoms with Crippen molar-refractivity contribution in [1.29, 1.82) is 0 Å². The van der Waals surface area contributed by atoms with Crippen molar-refractivity contribution < 1.29 is 27.6 Å². The van der Waals surface area contributed by atoms with E-state index in [1.165, 1.54) is 12.1 Å². The Bertz CT molecular complexity index is 657. The molecule has 4 nitrogen and oxygen atoms in total. The zero-order valence-electron chi connectivity index (χ0n) is 13.2. The van der Waals surface area contributed by atoms with E-state index in [4.69, 9.17) is 0 Å². The molecule has 0 aliphatic rings. The van der Waals surface area contributed by atoms with Gasteiger partial charge in [-0.05, 0) is 48.0 Å². The van der Waals surface area contributed by atoms with E-state index >= 15 is 0 Å². The number of likely N-dealkylation sites (N-methyl/N-ethyl adjacent to an activating group) is 1. The molecule has 8 heteroatoms. The minimum absolute atomic E-state index is 0.202. The van der Waals surface area contributed by atoms with Crippen molar-refractivity contribution >= 4 is 22.9 Å². The Morgan fingerprint density at radius 1 is 1.29 bits per heavy atom. The van der Waals surface area contributed by atoms with Crippen LogP contribution >= 0.6 is 11.3 Å². The first-order chi connectivity index (χ1) is 11.2. The maximum absolute atomic E-state index is 12.3. The van der Waals surface area contributed by atoms with E-state index in [2.05, 4.69) is 10.1 Å². The molecule has 0 saturated heterocycles. The van der Waals surface area contributed by atoms with Crippen LogP contribution in [-0.4, -0.2) is 25.4 Å². The average Bonchev–Trinajstić information content (AvgIpc) is 2.99. The summed E-state index contributed by atoms with van der Waals surface area (Å²) in [5.74, 6) is -0.527. The summed E-state index contributed by atoms with van der Waals surface area (Å²) < 4.78 is 40.1. The summed E-state index contributed by atoms with van der Waals surface area (Å²) in [6, 6.07) is 6.78. The maximum atomic E-state index is 12.3. The number of quaternary nitrogens is 1. The summed E-state index contributed by atoms with van der Waals surface area (Å²) in [6.07, 6.45) is -4.73. The van der Waals surface area contributed by atoms with Crippen LogP contribution in [-0.2, 0) is 11.3 Å². The first kappa shape index (κ1) is 18.3. The highest BCUT2D eigenvalue weighted by atomic mass is 32.1. The lowest BCUT2D eigenvalue weighted by molar-refractivity contribution is -0.907. The Kier molecular flexibility index (Phi) is 5.84. The second-order valence-corrected chi connectivity index (χ2v) is 6.22. The molecule has 24 heavy (non-hydrogen) atoms. The van der Waals surface area contributed by atoms with Gasteiger partial charge in [0.1, 0.15) is 12.3 Å². The Labute approximate surface area is 141 Å². The second-order valence-electron chi connectivity index (χ2n) is 5.44. The fraction of sp³-hybridized carbons (Fsp3) is 0.312. The number of nitrogens with one attached hydrogen (secondary N) is 2. The molecule has 2 atom stereocenters. The second kappa shape index (κ2) is 7.67. The topological polar surface area (TPSA) is 42.8 Å². The van der Waals surface area contributed by atoms with Crippen molar-refractivity contribution in [2.24, 2.45) is 0 Å². The number of alkyl halides is 3. The first-order valence-corrected chi connectivity index (χ1v) is 8.19. The monoisotopic (exact) mass is 359 g/mol. The van der Waals surface area contributed by atoms with Crippen LogP contribution in [0.5, 0.6) is 5.75 Å². The van der Waals surface area contributed by atoms with Gasteiger partial charge in [-0.1, -0.05) is 0 Å². The molecular weight excluding hydrogens is 341 g/mol. The molecular formula is C16H18F3N2O2S+. The van der Waals surface area contributed by atoms with Gasteiger partial charge in [-0.15, -0.1) is 13.2 Å². The van der Waals surface area contributed by atoms with Gasteiger partial charge in [0.05, 0.1) is 7.05 Å². The van der Waals surface area contributed by atoms with Crippen molar-refractivity contribution in [3.8, 4) is 5.75 Å². The molecule has 0 aliphatic carbocycles. The van der Waals surface area contributed by atoms with E-state index in [-0.39, 0.29) is 17.7 Å². The highest BCUT2D eigenvalue weighted by Gasteiger charge is 2.31. The molecule has 0 saturated carbocycles. The lowest BCUT2D eigenvalue weighted by Gasteiger charge is -2.20. The minimum Gasteiger partial charge on any atom is -0.406 e. The molecule has 0 radical (unpaired) electrons. The number of carbonyl (C=O) groups excluding carboxylic acids is 1. The number of hydrogen-bond donors (Lipinski definition) is 2. The van der Waals surface area contributed by atoms with E-state index < -0.39 is 6.36 Å². The van der Waals surface area contributed by atoms with Crippen molar-refractivity contribution in [3.05, 3.63) is 46.7 Å². The molecule has 1 heterocycles. The maximum Gasteiger partial charge on any atom is 0.573 e. The predicted molar refractivity (Wildman–Crippen MR) is 86.1 cm³/mol. The van der Waals surface area contributed by atoms with Gasteiger partial charge in [0.15, 0.2) is 6.04 Å². The Morgan fingerprint density at radius 2 is 1.96 bits per heavy atom. The van der Waals surface area contributed by atoms with E-state index in [0.717, 1.165) is 29.1 Å². The van der Waals surface area contributed by atoms with Crippen LogP contribution in [0.25, 0.3) is 0 Å². The van der Waals surface area contributed by atoms with E-state index in [9.17, 15) is 18.0 Å². The number of anilines is 1. The number of thiophene rings is 1. The predicted octanol–water partition coefficient (Wildman–Crippen LogP) is 2.69. The summed E-state index contributed by atoms with van der Waals surface area (Å²) >= 11 is 1.60. The molecule has 0 fully saturated rings. The third kappa shape index (κ3) is 5.54. The fourth-order valence-corrected chi connectivity index (χ4v) is 2.75. The number of hydrogen-bond acceptors (Lipinski definition) is 3. The molecule has 1 aromatic carbocycles. The highest BCUT2D eigenvalue weighted by Crippen LogP contribution is 2.23. The van der Waals surface area contributed by atoms with Crippen LogP contribution in [0.4, 0.5) is 18.9 Å². The van der Waals surface area contributed by atoms with Crippen LogP contribution in [0, 0.1) is 0 Å². The summed E-state index contributed by atoms with van der Waals surface area (Å²) in [5.41, 5.74) is 1.58. The van der Waals surface area contributed by atoms with E-state index in [1.807, 2.05) is 23.9 Å². The van der Waals surface area contributed by atoms with Crippen LogP contribution in [0.15, 0.2) is 41.1 Å². The van der Waals surface area contributed by atoms with Crippen molar-refractivity contribution in [2.75, 3.05) is 12.4 Å². The first-order valence-electron chi connectivity index (χ1n) is 7.24. The average molecular weight is 359 g/mol. The number of rotatable bonds is 6. The van der Waals surface area contributed by atoms with Gasteiger partial charge < -0.3 is 15.0 Å². The Balaban J connectivity index is 1.91. The lowest BCUT2D eigenvalue weighted by atomic mass is 10.2. The number of carbonyl (C=O) groups is 1. The molecule has 0 bridgehead atoms.